The molecular weight excluding hydrogens is 272 g/mol. The Morgan fingerprint density at radius 1 is 1.62 bits per heavy atom. The second-order valence-corrected chi connectivity index (χ2v) is 5.34. The van der Waals surface area contributed by atoms with Gasteiger partial charge in [-0.25, -0.2) is 0 Å². The summed E-state index contributed by atoms with van der Waals surface area (Å²) in [6.45, 7) is 4.50. The van der Waals surface area contributed by atoms with Crippen molar-refractivity contribution in [3.63, 3.8) is 0 Å². The maximum absolute atomic E-state index is 11.9. The molecule has 1 aromatic heterocycles. The summed E-state index contributed by atoms with van der Waals surface area (Å²) in [5.41, 5.74) is 0. The molecule has 6 heteroatoms. The summed E-state index contributed by atoms with van der Waals surface area (Å²) in [5.74, 6) is 0.801. The number of ether oxygens (including phenoxy) is 1. The van der Waals surface area contributed by atoms with Crippen molar-refractivity contribution >= 4 is 5.91 Å². The van der Waals surface area contributed by atoms with Gasteiger partial charge in [0.05, 0.1) is 25.0 Å². The Morgan fingerprint density at radius 2 is 2.48 bits per heavy atom. The minimum Gasteiger partial charge on any atom is -0.467 e. The maximum Gasteiger partial charge on any atom is 0.237 e. The lowest BCUT2D eigenvalue weighted by atomic mass is 10.1. The fraction of sp³-hybridized carbons (Fsp3) is 0.667. The van der Waals surface area contributed by atoms with Gasteiger partial charge >= 0.3 is 0 Å². The highest BCUT2D eigenvalue weighted by Crippen LogP contribution is 2.12. The first kappa shape index (κ1) is 16.0. The zero-order valence-electron chi connectivity index (χ0n) is 12.5. The number of furan rings is 1. The largest absolute Gasteiger partial charge is 0.467 e. The third kappa shape index (κ3) is 4.84. The summed E-state index contributed by atoms with van der Waals surface area (Å²) in [6.07, 6.45) is 2.74. The average Bonchev–Trinajstić information content (AvgIpc) is 2.96. The molecule has 2 N–H and O–H groups in total. The molecule has 0 bridgehead atoms. The highest BCUT2D eigenvalue weighted by molar-refractivity contribution is 5.82. The van der Waals surface area contributed by atoms with Crippen LogP contribution in [0, 0.1) is 0 Å². The van der Waals surface area contributed by atoms with Crippen LogP contribution in [0.1, 0.15) is 25.5 Å². The lowest BCUT2D eigenvalue weighted by molar-refractivity contribution is -0.130. The Bertz CT molecular complexity index is 421. The van der Waals surface area contributed by atoms with E-state index >= 15 is 0 Å². The van der Waals surface area contributed by atoms with Crippen LogP contribution in [0.15, 0.2) is 22.8 Å². The van der Waals surface area contributed by atoms with Crippen molar-refractivity contribution < 1.29 is 19.1 Å². The van der Waals surface area contributed by atoms with Crippen LogP contribution in [-0.4, -0.2) is 54.3 Å². The summed E-state index contributed by atoms with van der Waals surface area (Å²) < 4.78 is 10.6. The van der Waals surface area contributed by atoms with Gasteiger partial charge in [-0.2, -0.15) is 0 Å². The van der Waals surface area contributed by atoms with Crippen molar-refractivity contribution in [1.29, 1.82) is 0 Å². The lowest BCUT2D eigenvalue weighted by Crippen LogP contribution is -2.57. The predicted octanol–water partition coefficient (Wildman–Crippen LogP) is 0.758. The van der Waals surface area contributed by atoms with E-state index in [4.69, 9.17) is 9.15 Å². The lowest BCUT2D eigenvalue weighted by Gasteiger charge is -2.36. The van der Waals surface area contributed by atoms with E-state index in [0.717, 1.165) is 25.1 Å². The number of hydrogen-bond acceptors (Lipinski definition) is 5. The number of piperazine rings is 1. The number of rotatable bonds is 8. The Hall–Kier alpha value is -1.37. The molecule has 21 heavy (non-hydrogen) atoms. The number of aliphatic hydroxyl groups excluding tert-OH is 1. The molecule has 0 radical (unpaired) electrons. The van der Waals surface area contributed by atoms with Gasteiger partial charge in [-0.1, -0.05) is 13.3 Å². The van der Waals surface area contributed by atoms with E-state index in [1.54, 1.807) is 12.3 Å². The summed E-state index contributed by atoms with van der Waals surface area (Å²) in [5, 5.41) is 12.9. The van der Waals surface area contributed by atoms with E-state index in [9.17, 15) is 9.90 Å². The normalized spacial score (nSPS) is 21.2. The van der Waals surface area contributed by atoms with Gasteiger partial charge < -0.3 is 19.6 Å². The maximum atomic E-state index is 11.9. The summed E-state index contributed by atoms with van der Waals surface area (Å²) in [7, 11) is 0. The molecule has 0 saturated carbocycles. The molecule has 0 aromatic carbocycles. The van der Waals surface area contributed by atoms with E-state index in [1.165, 1.54) is 0 Å². The molecule has 0 aliphatic carbocycles. The van der Waals surface area contributed by atoms with E-state index < -0.39 is 6.10 Å². The number of β-amino-alcohol motifs (C(OH)–C–C–N with tert-alkyl or cyclic N) is 1. The first-order chi connectivity index (χ1) is 10.2. The molecule has 1 saturated heterocycles. The van der Waals surface area contributed by atoms with E-state index in [2.05, 4.69) is 12.2 Å². The van der Waals surface area contributed by atoms with Gasteiger partial charge in [-0.3, -0.25) is 9.69 Å². The second kappa shape index (κ2) is 8.17. The summed E-state index contributed by atoms with van der Waals surface area (Å²) in [4.78, 5) is 13.9. The van der Waals surface area contributed by atoms with Gasteiger partial charge in [-0.15, -0.1) is 0 Å². The van der Waals surface area contributed by atoms with Crippen molar-refractivity contribution in [1.82, 2.24) is 10.2 Å². The topological polar surface area (TPSA) is 74.9 Å². The predicted molar refractivity (Wildman–Crippen MR) is 77.6 cm³/mol. The van der Waals surface area contributed by atoms with Crippen LogP contribution >= 0.6 is 0 Å². The fourth-order valence-corrected chi connectivity index (χ4v) is 2.58. The zero-order valence-corrected chi connectivity index (χ0v) is 12.5. The third-order valence-electron chi connectivity index (χ3n) is 3.58. The standard InChI is InChI=1S/C15H24N2O4/c1-2-4-14-15(19)16-6-7-17(14)9-12(18)10-20-11-13-5-3-8-21-13/h3,5,8,12,14,18H,2,4,6-7,9-11H2,1H3,(H,16,19). The molecule has 2 rings (SSSR count). The highest BCUT2D eigenvalue weighted by Gasteiger charge is 2.29. The van der Waals surface area contributed by atoms with Crippen molar-refractivity contribution in [3.8, 4) is 0 Å². The van der Waals surface area contributed by atoms with Gasteiger partial charge in [0, 0.05) is 19.6 Å². The molecular formula is C15H24N2O4. The monoisotopic (exact) mass is 296 g/mol. The fourth-order valence-electron chi connectivity index (χ4n) is 2.58. The van der Waals surface area contributed by atoms with Crippen LogP contribution in [0.3, 0.4) is 0 Å². The Balaban J connectivity index is 1.74. The Labute approximate surface area is 125 Å². The number of hydrogen-bond donors (Lipinski definition) is 2. The van der Waals surface area contributed by atoms with E-state index in [1.807, 2.05) is 11.0 Å². The number of nitrogens with one attached hydrogen (secondary N) is 1. The number of nitrogens with zero attached hydrogens (tertiary/aromatic N) is 1. The molecule has 2 atom stereocenters. The zero-order chi connectivity index (χ0) is 15.1. The minimum atomic E-state index is -0.606. The van der Waals surface area contributed by atoms with Gasteiger partial charge in [0.15, 0.2) is 0 Å². The third-order valence-corrected chi connectivity index (χ3v) is 3.58. The van der Waals surface area contributed by atoms with Crippen molar-refractivity contribution in [2.75, 3.05) is 26.2 Å². The molecule has 2 unspecified atom stereocenters. The van der Waals surface area contributed by atoms with Gasteiger partial charge in [0.25, 0.3) is 0 Å². The van der Waals surface area contributed by atoms with Crippen LogP contribution in [0.5, 0.6) is 0 Å². The van der Waals surface area contributed by atoms with Crippen molar-refractivity contribution in [2.45, 2.75) is 38.5 Å². The van der Waals surface area contributed by atoms with Crippen molar-refractivity contribution in [2.24, 2.45) is 0 Å². The number of carbonyl (C=O) groups is 1. The van der Waals surface area contributed by atoms with Crippen LogP contribution in [-0.2, 0) is 16.1 Å². The Kier molecular flexibility index (Phi) is 6.22. The summed E-state index contributed by atoms with van der Waals surface area (Å²) >= 11 is 0. The van der Waals surface area contributed by atoms with E-state index in [0.29, 0.717) is 19.7 Å². The van der Waals surface area contributed by atoms with Gasteiger partial charge in [-0.05, 0) is 18.6 Å². The van der Waals surface area contributed by atoms with E-state index in [-0.39, 0.29) is 18.6 Å². The molecule has 1 fully saturated rings. The van der Waals surface area contributed by atoms with Crippen LogP contribution in [0.2, 0.25) is 0 Å². The second-order valence-electron chi connectivity index (χ2n) is 5.34. The van der Waals surface area contributed by atoms with Crippen molar-refractivity contribution in [3.05, 3.63) is 24.2 Å². The first-order valence-electron chi connectivity index (χ1n) is 7.50. The first-order valence-corrected chi connectivity index (χ1v) is 7.50. The summed E-state index contributed by atoms with van der Waals surface area (Å²) in [6, 6.07) is 3.50. The van der Waals surface area contributed by atoms with Gasteiger partial charge in [0.2, 0.25) is 5.91 Å². The quantitative estimate of drug-likeness (QED) is 0.741. The molecule has 1 aliphatic rings. The average molecular weight is 296 g/mol. The van der Waals surface area contributed by atoms with Crippen LogP contribution in [0.4, 0.5) is 0 Å². The minimum absolute atomic E-state index is 0.0619. The molecule has 1 aromatic rings. The Morgan fingerprint density at radius 3 is 3.19 bits per heavy atom. The molecule has 118 valence electrons. The SMILES string of the molecule is CCCC1C(=O)NCCN1CC(O)COCc1ccco1. The smallest absolute Gasteiger partial charge is 0.237 e. The van der Waals surface area contributed by atoms with Crippen LogP contribution in [0.25, 0.3) is 0 Å². The molecule has 2 heterocycles. The molecule has 0 spiro atoms. The van der Waals surface area contributed by atoms with Gasteiger partial charge in [0.1, 0.15) is 12.4 Å². The number of amides is 1. The molecule has 1 aliphatic heterocycles. The number of aliphatic hydroxyl groups is 1. The molecule has 1 amide bonds. The number of carbonyl (C=O) groups excluding carboxylic acids is 1. The van der Waals surface area contributed by atoms with Crippen LogP contribution < -0.4 is 5.32 Å². The highest BCUT2D eigenvalue weighted by atomic mass is 16.5. The molecule has 6 nitrogen and oxygen atoms in total.